The van der Waals surface area contributed by atoms with Crippen molar-refractivity contribution in [1.82, 2.24) is 4.90 Å². The minimum Gasteiger partial charge on any atom is -0.480 e. The second kappa shape index (κ2) is 8.51. The van der Waals surface area contributed by atoms with Gasteiger partial charge in [-0.1, -0.05) is 0 Å². The first kappa shape index (κ1) is 16.4. The number of halogens is 2. The molecule has 104 valence electrons. The number of carbonyl (C=O) groups is 3. The summed E-state index contributed by atoms with van der Waals surface area (Å²) >= 11 is 0. The van der Waals surface area contributed by atoms with Crippen LogP contribution in [0.4, 0.5) is 8.78 Å². The van der Waals surface area contributed by atoms with Crippen LogP contribution in [-0.4, -0.2) is 53.7 Å². The van der Waals surface area contributed by atoms with Crippen LogP contribution in [0.3, 0.4) is 0 Å². The first-order chi connectivity index (χ1) is 8.49. The second-order valence-electron chi connectivity index (χ2n) is 3.56. The van der Waals surface area contributed by atoms with E-state index in [0.717, 1.165) is 0 Å². The molecule has 0 unspecified atom stereocenters. The monoisotopic (exact) mass is 266 g/mol. The van der Waals surface area contributed by atoms with Gasteiger partial charge in [0.25, 0.3) is 11.8 Å². The zero-order valence-corrected chi connectivity index (χ0v) is 9.77. The molecular weight excluding hydrogens is 250 g/mol. The molecule has 18 heavy (non-hydrogen) atoms. The minimum absolute atomic E-state index is 0.0794. The fourth-order valence-corrected chi connectivity index (χ4v) is 1.46. The number of carboxylic acid groups (broad SMARTS) is 1. The molecule has 0 saturated carbocycles. The number of amides is 2. The van der Waals surface area contributed by atoms with Gasteiger partial charge in [0.1, 0.15) is 6.04 Å². The Hall–Kier alpha value is -1.57. The van der Waals surface area contributed by atoms with Gasteiger partial charge in [-0.3, -0.25) is 14.5 Å². The molecule has 0 aromatic heterocycles. The van der Waals surface area contributed by atoms with E-state index in [9.17, 15) is 23.2 Å². The highest BCUT2D eigenvalue weighted by molar-refractivity contribution is 6.00. The third-order valence-electron chi connectivity index (χ3n) is 2.29. The van der Waals surface area contributed by atoms with Crippen molar-refractivity contribution in [3.05, 3.63) is 0 Å². The van der Waals surface area contributed by atoms with Gasteiger partial charge in [0, 0.05) is 0 Å². The number of carbonyl (C=O) groups excluding carboxylic acids is 2. The van der Waals surface area contributed by atoms with Gasteiger partial charge in [-0.05, 0) is 25.8 Å². The van der Waals surface area contributed by atoms with Gasteiger partial charge in [-0.25, -0.2) is 13.6 Å². The summed E-state index contributed by atoms with van der Waals surface area (Å²) < 4.78 is 24.5. The summed E-state index contributed by atoms with van der Waals surface area (Å²) in [5.41, 5.74) is 5.22. The lowest BCUT2D eigenvalue weighted by Crippen LogP contribution is -2.50. The smallest absolute Gasteiger partial charge is 0.326 e. The van der Waals surface area contributed by atoms with Crippen molar-refractivity contribution in [2.24, 2.45) is 5.73 Å². The van der Waals surface area contributed by atoms with Crippen molar-refractivity contribution in [3.8, 4) is 0 Å². The van der Waals surface area contributed by atoms with E-state index in [1.165, 1.54) is 0 Å². The normalized spacial score (nSPS) is 11.9. The van der Waals surface area contributed by atoms with Gasteiger partial charge in [0.05, 0.1) is 0 Å². The summed E-state index contributed by atoms with van der Waals surface area (Å²) in [5.74, 6) is -4.17. The summed E-state index contributed by atoms with van der Waals surface area (Å²) in [6.45, 7) is -2.78. The molecule has 0 aliphatic heterocycles. The molecule has 0 aliphatic carbocycles. The zero-order valence-electron chi connectivity index (χ0n) is 9.77. The average Bonchev–Trinajstić information content (AvgIpc) is 2.36. The van der Waals surface area contributed by atoms with Crippen molar-refractivity contribution in [2.75, 3.05) is 19.9 Å². The Kier molecular flexibility index (Phi) is 7.77. The van der Waals surface area contributed by atoms with Gasteiger partial charge in [0.15, 0.2) is 13.3 Å². The molecule has 6 nitrogen and oxygen atoms in total. The van der Waals surface area contributed by atoms with Gasteiger partial charge >= 0.3 is 5.97 Å². The third kappa shape index (κ3) is 4.74. The number of carboxylic acids is 1. The van der Waals surface area contributed by atoms with E-state index in [4.69, 9.17) is 10.8 Å². The molecule has 2 amide bonds. The lowest BCUT2D eigenvalue weighted by atomic mass is 10.1. The zero-order chi connectivity index (χ0) is 14.1. The van der Waals surface area contributed by atoms with E-state index >= 15 is 0 Å². The molecule has 8 heteroatoms. The Morgan fingerprint density at radius 2 is 1.61 bits per heavy atom. The van der Waals surface area contributed by atoms with Gasteiger partial charge < -0.3 is 10.8 Å². The number of rotatable bonds is 8. The second-order valence-corrected chi connectivity index (χ2v) is 3.56. The first-order valence-corrected chi connectivity index (χ1v) is 5.39. The van der Waals surface area contributed by atoms with Gasteiger partial charge in [-0.2, -0.15) is 0 Å². The molecule has 0 aromatic rings. The van der Waals surface area contributed by atoms with Crippen molar-refractivity contribution < 1.29 is 28.3 Å². The molecule has 0 heterocycles. The van der Waals surface area contributed by atoms with Crippen LogP contribution < -0.4 is 5.73 Å². The topological polar surface area (TPSA) is 101 Å². The lowest BCUT2D eigenvalue weighted by molar-refractivity contribution is -0.159. The molecule has 0 aliphatic rings. The molecule has 0 saturated heterocycles. The predicted octanol–water partition coefficient (Wildman–Crippen LogP) is -0.137. The van der Waals surface area contributed by atoms with E-state index in [-0.39, 0.29) is 11.3 Å². The molecule has 0 aromatic carbocycles. The number of alkyl halides is 2. The van der Waals surface area contributed by atoms with Crippen molar-refractivity contribution in [2.45, 2.75) is 25.3 Å². The molecule has 0 bridgehead atoms. The summed E-state index contributed by atoms with van der Waals surface area (Å²) in [5, 5.41) is 8.91. The van der Waals surface area contributed by atoms with Crippen molar-refractivity contribution in [3.63, 3.8) is 0 Å². The molecule has 0 fully saturated rings. The van der Waals surface area contributed by atoms with Crippen LogP contribution in [-0.2, 0) is 14.4 Å². The Labute approximate surface area is 103 Å². The molecule has 0 rings (SSSR count). The quantitative estimate of drug-likeness (QED) is 0.596. The van der Waals surface area contributed by atoms with E-state index in [1.54, 1.807) is 0 Å². The highest BCUT2D eigenvalue weighted by atomic mass is 19.1. The Balaban J connectivity index is 4.91. The summed E-state index contributed by atoms with van der Waals surface area (Å²) in [4.78, 5) is 33.4. The van der Waals surface area contributed by atoms with Crippen LogP contribution in [0.2, 0.25) is 0 Å². The molecular formula is C10H16F2N2O4. The lowest BCUT2D eigenvalue weighted by Gasteiger charge is -2.25. The predicted molar refractivity (Wildman–Crippen MR) is 58.1 cm³/mol. The highest BCUT2D eigenvalue weighted by Gasteiger charge is 2.33. The standard InChI is InChI=1S/C10H16F2N2O4/c11-5-8(15)14(9(16)6-12)7(10(17)18)3-1-2-4-13/h7H,1-6,13H2,(H,17,18)/t7-/m0/s1. The minimum atomic E-state index is -1.55. The number of aliphatic carboxylic acids is 1. The van der Waals surface area contributed by atoms with E-state index in [0.29, 0.717) is 19.4 Å². The van der Waals surface area contributed by atoms with Crippen LogP contribution in [0.15, 0.2) is 0 Å². The van der Waals surface area contributed by atoms with Crippen LogP contribution in [0.1, 0.15) is 19.3 Å². The highest BCUT2D eigenvalue weighted by Crippen LogP contribution is 2.11. The number of hydrogen-bond donors (Lipinski definition) is 2. The van der Waals surface area contributed by atoms with Crippen LogP contribution >= 0.6 is 0 Å². The number of nitrogens with two attached hydrogens (primary N) is 1. The van der Waals surface area contributed by atoms with Crippen molar-refractivity contribution >= 4 is 17.8 Å². The summed E-state index contributed by atoms with van der Waals surface area (Å²) in [6.07, 6.45) is 0.748. The van der Waals surface area contributed by atoms with E-state index in [2.05, 4.69) is 0 Å². The SMILES string of the molecule is NCCCC[C@@H](C(=O)O)N(C(=O)CF)C(=O)CF. The average molecular weight is 266 g/mol. The fraction of sp³-hybridized carbons (Fsp3) is 0.700. The van der Waals surface area contributed by atoms with Crippen molar-refractivity contribution in [1.29, 1.82) is 0 Å². The number of nitrogens with zero attached hydrogens (tertiary/aromatic N) is 1. The first-order valence-electron chi connectivity index (χ1n) is 5.39. The van der Waals surface area contributed by atoms with E-state index < -0.39 is 37.2 Å². The molecule has 1 atom stereocenters. The van der Waals surface area contributed by atoms with Crippen LogP contribution in [0, 0.1) is 0 Å². The van der Waals surface area contributed by atoms with Crippen LogP contribution in [0.25, 0.3) is 0 Å². The molecule has 0 radical (unpaired) electrons. The number of imide groups is 1. The Morgan fingerprint density at radius 1 is 1.11 bits per heavy atom. The maximum absolute atomic E-state index is 12.3. The Bertz CT molecular complexity index is 296. The number of unbranched alkanes of at least 4 members (excludes halogenated alkanes) is 1. The largest absolute Gasteiger partial charge is 0.480 e. The maximum atomic E-state index is 12.3. The Morgan fingerprint density at radius 3 is 1.94 bits per heavy atom. The van der Waals surface area contributed by atoms with Gasteiger partial charge in [0.2, 0.25) is 0 Å². The van der Waals surface area contributed by atoms with Gasteiger partial charge in [-0.15, -0.1) is 0 Å². The van der Waals surface area contributed by atoms with Crippen LogP contribution in [0.5, 0.6) is 0 Å². The third-order valence-corrected chi connectivity index (χ3v) is 2.29. The number of hydrogen-bond acceptors (Lipinski definition) is 4. The summed E-state index contributed by atoms with van der Waals surface area (Å²) in [7, 11) is 0. The maximum Gasteiger partial charge on any atom is 0.326 e. The fourth-order valence-electron chi connectivity index (χ4n) is 1.46. The summed E-state index contributed by atoms with van der Waals surface area (Å²) in [6, 6.07) is -1.55. The molecule has 3 N–H and O–H groups in total. The molecule has 0 spiro atoms. The van der Waals surface area contributed by atoms with E-state index in [1.807, 2.05) is 0 Å².